The van der Waals surface area contributed by atoms with Gasteiger partial charge in [-0.2, -0.15) is 13.2 Å². The highest BCUT2D eigenvalue weighted by molar-refractivity contribution is 5.99. The zero-order valence-electron chi connectivity index (χ0n) is 25.9. The maximum absolute atomic E-state index is 14.3. The summed E-state index contributed by atoms with van der Waals surface area (Å²) in [4.78, 5) is 18.5. The maximum Gasteiger partial charge on any atom is 0.416 e. The van der Waals surface area contributed by atoms with Crippen LogP contribution in [0.4, 0.5) is 13.2 Å². The van der Waals surface area contributed by atoms with Gasteiger partial charge >= 0.3 is 6.18 Å². The number of aryl methyl sites for hydroxylation is 1. The van der Waals surface area contributed by atoms with Crippen molar-refractivity contribution in [1.29, 1.82) is 0 Å². The van der Waals surface area contributed by atoms with E-state index in [4.69, 9.17) is 0 Å². The molecule has 2 heterocycles. The van der Waals surface area contributed by atoms with Crippen LogP contribution in [0.15, 0.2) is 114 Å². The first-order chi connectivity index (χ1) is 21.8. The topological polar surface area (TPSA) is 47.6 Å². The lowest BCUT2D eigenvalue weighted by molar-refractivity contribution is -0.137. The number of alkyl halides is 3. The fourth-order valence-electron chi connectivity index (χ4n) is 6.11. The highest BCUT2D eigenvalue weighted by Crippen LogP contribution is 2.31. The predicted octanol–water partition coefficient (Wildman–Crippen LogP) is 6.92. The van der Waals surface area contributed by atoms with E-state index in [0.717, 1.165) is 62.0 Å². The molecule has 0 radical (unpaired) electrons. The second kappa shape index (κ2) is 15.4. The van der Waals surface area contributed by atoms with Crippen molar-refractivity contribution in [3.8, 4) is 0 Å². The van der Waals surface area contributed by atoms with Crippen molar-refractivity contribution >= 4 is 5.91 Å². The summed E-state index contributed by atoms with van der Waals surface area (Å²) in [5, 5.41) is 6.72. The third-order valence-electron chi connectivity index (χ3n) is 8.72. The minimum absolute atomic E-state index is 0.0132. The number of carbonyl (C=O) groups is 1. The first kappa shape index (κ1) is 32.5. The van der Waals surface area contributed by atoms with E-state index in [1.807, 2.05) is 36.4 Å². The Labute approximate surface area is 264 Å². The van der Waals surface area contributed by atoms with Crippen LogP contribution in [0.5, 0.6) is 0 Å². The minimum atomic E-state index is -4.36. The average molecular weight is 617 g/mol. The molecule has 0 bridgehead atoms. The highest BCUT2D eigenvalue weighted by Gasteiger charge is 2.31. The number of amides is 1. The summed E-state index contributed by atoms with van der Waals surface area (Å²) in [6, 6.07) is 15.5. The Morgan fingerprint density at radius 2 is 1.73 bits per heavy atom. The van der Waals surface area contributed by atoms with E-state index in [1.165, 1.54) is 36.1 Å². The Bertz CT molecular complexity index is 1430. The van der Waals surface area contributed by atoms with Gasteiger partial charge in [-0.3, -0.25) is 4.79 Å². The molecule has 1 aliphatic carbocycles. The van der Waals surface area contributed by atoms with Gasteiger partial charge in [-0.25, -0.2) is 0 Å². The van der Waals surface area contributed by atoms with E-state index in [2.05, 4.69) is 64.2 Å². The number of hydrogen-bond acceptors (Lipinski definition) is 4. The van der Waals surface area contributed by atoms with Gasteiger partial charge in [0.15, 0.2) is 0 Å². The quantitative estimate of drug-likeness (QED) is 0.201. The second-order valence-corrected chi connectivity index (χ2v) is 11.9. The molecule has 1 unspecified atom stereocenters. The monoisotopic (exact) mass is 616 g/mol. The third kappa shape index (κ3) is 8.86. The molecule has 2 atom stereocenters. The van der Waals surface area contributed by atoms with Crippen LogP contribution in [0.3, 0.4) is 0 Å². The molecule has 1 saturated heterocycles. The van der Waals surface area contributed by atoms with Gasteiger partial charge in [-0.15, -0.1) is 0 Å². The standard InChI is InChI=1S/C37H43F3N4O/c1-41-35-18-15-29(12-11-28-8-3-2-4-9-28)26-34(35)33(19-21-42-27-30-13-16-31(17-14-30)37(38,39)40)36(45)44-24-7-10-32(44)20-25-43-22-5-6-23-43/h2-4,7-9,13-17,19-20,24-26,32,35,41-42H,5-6,10-12,18,21-23,27H2,1H3/b25-20+,33-19+/t32-,35?/m0/s1. The van der Waals surface area contributed by atoms with Crippen molar-refractivity contribution in [2.24, 2.45) is 0 Å². The highest BCUT2D eigenvalue weighted by atomic mass is 19.4. The zero-order valence-corrected chi connectivity index (χ0v) is 25.9. The zero-order chi connectivity index (χ0) is 31.6. The fraction of sp³-hybridized carbons (Fsp3) is 0.378. The summed E-state index contributed by atoms with van der Waals surface area (Å²) in [7, 11) is 1.92. The van der Waals surface area contributed by atoms with Gasteiger partial charge in [0, 0.05) is 44.0 Å². The number of rotatable bonds is 12. The molecule has 5 rings (SSSR count). The number of halogens is 3. The van der Waals surface area contributed by atoms with Crippen molar-refractivity contribution in [3.63, 3.8) is 0 Å². The van der Waals surface area contributed by atoms with Gasteiger partial charge in [-0.05, 0) is 86.7 Å². The van der Waals surface area contributed by atoms with Crippen molar-refractivity contribution in [1.82, 2.24) is 20.4 Å². The van der Waals surface area contributed by atoms with E-state index in [9.17, 15) is 18.0 Å². The Hall–Kier alpha value is -3.88. The largest absolute Gasteiger partial charge is 0.416 e. The van der Waals surface area contributed by atoms with E-state index < -0.39 is 11.7 Å². The van der Waals surface area contributed by atoms with E-state index >= 15 is 0 Å². The van der Waals surface area contributed by atoms with Crippen LogP contribution in [0, 0.1) is 0 Å². The van der Waals surface area contributed by atoms with Crippen molar-refractivity contribution in [3.05, 3.63) is 131 Å². The van der Waals surface area contributed by atoms with Crippen LogP contribution >= 0.6 is 0 Å². The van der Waals surface area contributed by atoms with E-state index in [-0.39, 0.29) is 18.0 Å². The second-order valence-electron chi connectivity index (χ2n) is 11.9. The lowest BCUT2D eigenvalue weighted by atomic mass is 9.86. The maximum atomic E-state index is 14.3. The summed E-state index contributed by atoms with van der Waals surface area (Å²) < 4.78 is 39.0. The molecule has 238 valence electrons. The molecular weight excluding hydrogens is 573 g/mol. The Kier molecular flexibility index (Phi) is 11.1. The van der Waals surface area contributed by atoms with Gasteiger partial charge in [0.25, 0.3) is 5.91 Å². The summed E-state index contributed by atoms with van der Waals surface area (Å²) in [5.41, 5.74) is 4.18. The predicted molar refractivity (Wildman–Crippen MR) is 174 cm³/mol. The van der Waals surface area contributed by atoms with Crippen LogP contribution in [0.25, 0.3) is 0 Å². The first-order valence-electron chi connectivity index (χ1n) is 15.9. The van der Waals surface area contributed by atoms with Crippen LogP contribution in [0.2, 0.25) is 0 Å². The molecule has 1 amide bonds. The average Bonchev–Trinajstić information content (AvgIpc) is 3.75. The number of carbonyl (C=O) groups excluding carboxylic acids is 1. The Morgan fingerprint density at radius 3 is 2.44 bits per heavy atom. The molecule has 2 aliphatic heterocycles. The molecule has 2 N–H and O–H groups in total. The van der Waals surface area contributed by atoms with Crippen molar-refractivity contribution in [2.75, 3.05) is 26.7 Å². The Balaban J connectivity index is 1.35. The number of likely N-dealkylation sites (tertiary alicyclic amines) is 1. The summed E-state index contributed by atoms with van der Waals surface area (Å²) in [5.74, 6) is -0.0491. The molecule has 0 spiro atoms. The third-order valence-corrected chi connectivity index (χ3v) is 8.72. The van der Waals surface area contributed by atoms with Crippen LogP contribution in [-0.4, -0.2) is 54.5 Å². The number of hydrogen-bond donors (Lipinski definition) is 2. The fourth-order valence-corrected chi connectivity index (χ4v) is 6.11. The molecule has 2 aromatic carbocycles. The summed E-state index contributed by atoms with van der Waals surface area (Å²) >= 11 is 0. The molecule has 8 heteroatoms. The normalized spacial score (nSPS) is 20.7. The first-order valence-corrected chi connectivity index (χ1v) is 15.9. The van der Waals surface area contributed by atoms with Crippen LogP contribution in [-0.2, 0) is 23.9 Å². The molecular formula is C37H43F3N4O. The smallest absolute Gasteiger partial charge is 0.378 e. The molecule has 1 fully saturated rings. The molecule has 3 aliphatic rings. The summed E-state index contributed by atoms with van der Waals surface area (Å²) in [6.07, 6.45) is 16.0. The molecule has 2 aromatic rings. The van der Waals surface area contributed by atoms with Gasteiger partial charge in [0.1, 0.15) is 0 Å². The lowest BCUT2D eigenvalue weighted by Crippen LogP contribution is -2.38. The number of allylic oxidation sites excluding steroid dienone is 2. The van der Waals surface area contributed by atoms with Gasteiger partial charge < -0.3 is 20.4 Å². The van der Waals surface area contributed by atoms with E-state index in [1.54, 1.807) is 0 Å². The number of likely N-dealkylation sites (N-methyl/N-ethyl adjacent to an activating group) is 1. The summed E-state index contributed by atoms with van der Waals surface area (Å²) in [6.45, 7) is 2.88. The van der Waals surface area contributed by atoms with Crippen molar-refractivity contribution in [2.45, 2.75) is 63.3 Å². The number of nitrogens with zero attached hydrogens (tertiary/aromatic N) is 2. The molecule has 0 saturated carbocycles. The van der Waals surface area contributed by atoms with E-state index in [0.29, 0.717) is 18.7 Å². The molecule has 45 heavy (non-hydrogen) atoms. The van der Waals surface area contributed by atoms with Crippen LogP contribution < -0.4 is 10.6 Å². The SMILES string of the molecule is CNC1CC=C(CCc2ccccc2)C=C1/C(=C\CNCc1ccc(C(F)(F)F)cc1)C(=O)N1C=CC[C@H]1/C=C/N1CCCC1. The van der Waals surface area contributed by atoms with Gasteiger partial charge in [0.05, 0.1) is 11.6 Å². The van der Waals surface area contributed by atoms with Crippen molar-refractivity contribution < 1.29 is 18.0 Å². The number of benzene rings is 2. The van der Waals surface area contributed by atoms with Gasteiger partial charge in [-0.1, -0.05) is 72.3 Å². The van der Waals surface area contributed by atoms with Gasteiger partial charge in [0.2, 0.25) is 0 Å². The molecule has 0 aromatic heterocycles. The number of nitrogens with one attached hydrogen (secondary N) is 2. The lowest BCUT2D eigenvalue weighted by Gasteiger charge is -2.29. The Morgan fingerprint density at radius 1 is 0.978 bits per heavy atom. The van der Waals surface area contributed by atoms with Crippen LogP contribution in [0.1, 0.15) is 48.8 Å². The molecule has 5 nitrogen and oxygen atoms in total. The minimum Gasteiger partial charge on any atom is -0.378 e.